The third-order valence-corrected chi connectivity index (χ3v) is 3.81. The lowest BCUT2D eigenvalue weighted by Crippen LogP contribution is -2.29. The molecule has 17 heavy (non-hydrogen) atoms. The summed E-state index contributed by atoms with van der Waals surface area (Å²) in [6.07, 6.45) is 2.46. The molecule has 0 aromatic carbocycles. The van der Waals surface area contributed by atoms with Crippen molar-refractivity contribution in [1.29, 1.82) is 0 Å². The fourth-order valence-electron chi connectivity index (χ4n) is 0.984. The van der Waals surface area contributed by atoms with Gasteiger partial charge in [-0.2, -0.15) is 0 Å². The molecule has 0 bridgehead atoms. The maximum absolute atomic E-state index is 11.1. The molecule has 7 heteroatoms. The Hall–Kier alpha value is -1.46. The van der Waals surface area contributed by atoms with Gasteiger partial charge in [-0.1, -0.05) is 13.8 Å². The first kappa shape index (κ1) is 15.5. The first-order valence-corrected chi connectivity index (χ1v) is 7.32. The summed E-state index contributed by atoms with van der Waals surface area (Å²) in [6, 6.07) is 0.461. The lowest BCUT2D eigenvalue weighted by molar-refractivity contribution is -0.140. The van der Waals surface area contributed by atoms with Crippen molar-refractivity contribution in [3.8, 4) is 0 Å². The van der Waals surface area contributed by atoms with Crippen molar-refractivity contribution in [2.24, 2.45) is 4.99 Å². The van der Waals surface area contributed by atoms with E-state index in [0.717, 1.165) is 0 Å². The van der Waals surface area contributed by atoms with Crippen LogP contribution in [-0.2, 0) is 23.2 Å². The SMILES string of the molecule is CCC(=O)O[SiH](CCCN=C=O)OC(=O)CC. The van der Waals surface area contributed by atoms with Crippen LogP contribution in [-0.4, -0.2) is 33.8 Å². The van der Waals surface area contributed by atoms with Crippen molar-refractivity contribution >= 4 is 27.3 Å². The van der Waals surface area contributed by atoms with Crippen LogP contribution in [0, 0.1) is 0 Å². The second-order valence-corrected chi connectivity index (χ2v) is 5.14. The molecule has 0 aromatic rings. The molecule has 0 atom stereocenters. The molecule has 0 rings (SSSR count). The smallest absolute Gasteiger partial charge is 0.448 e. The lowest BCUT2D eigenvalue weighted by atomic mass is 10.5. The first-order chi connectivity index (χ1) is 8.13. The van der Waals surface area contributed by atoms with Gasteiger partial charge in [-0.15, -0.1) is 0 Å². The third kappa shape index (κ3) is 8.35. The Bertz CT molecular complexity index is 283. The highest BCUT2D eigenvalue weighted by Crippen LogP contribution is 2.05. The fraction of sp³-hybridized carbons (Fsp3) is 0.700. The average molecular weight is 259 g/mol. The van der Waals surface area contributed by atoms with Crippen LogP contribution >= 0.6 is 0 Å². The molecule has 0 aliphatic carbocycles. The Morgan fingerprint density at radius 3 is 2.12 bits per heavy atom. The van der Waals surface area contributed by atoms with Crippen LogP contribution in [0.1, 0.15) is 33.1 Å². The van der Waals surface area contributed by atoms with Gasteiger partial charge >= 0.3 is 9.28 Å². The normalized spacial score (nSPS) is 9.59. The van der Waals surface area contributed by atoms with Crippen molar-refractivity contribution in [2.75, 3.05) is 6.54 Å². The topological polar surface area (TPSA) is 82.0 Å². The summed E-state index contributed by atoms with van der Waals surface area (Å²) in [7, 11) is -2.32. The van der Waals surface area contributed by atoms with Gasteiger partial charge in [-0.25, -0.2) is 9.79 Å². The highest BCUT2D eigenvalue weighted by Gasteiger charge is 2.21. The van der Waals surface area contributed by atoms with Crippen molar-refractivity contribution < 1.29 is 23.2 Å². The number of carbonyl (C=O) groups is 2. The number of isocyanates is 1. The van der Waals surface area contributed by atoms with E-state index in [-0.39, 0.29) is 24.8 Å². The van der Waals surface area contributed by atoms with E-state index in [1.165, 1.54) is 6.08 Å². The van der Waals surface area contributed by atoms with E-state index in [4.69, 9.17) is 8.85 Å². The summed E-state index contributed by atoms with van der Waals surface area (Å²) in [6.45, 7) is 3.65. The Balaban J connectivity index is 4.14. The fourth-order valence-corrected chi connectivity index (χ4v) is 2.70. The first-order valence-electron chi connectivity index (χ1n) is 5.56. The summed E-state index contributed by atoms with van der Waals surface area (Å²) in [4.78, 5) is 35.5. The molecule has 0 amide bonds. The quantitative estimate of drug-likeness (QED) is 0.279. The molecule has 0 aliphatic rings. The van der Waals surface area contributed by atoms with E-state index >= 15 is 0 Å². The predicted octanol–water partition coefficient (Wildman–Crippen LogP) is 0.839. The van der Waals surface area contributed by atoms with E-state index in [9.17, 15) is 14.4 Å². The van der Waals surface area contributed by atoms with Gasteiger partial charge in [-0.3, -0.25) is 9.59 Å². The molecule has 96 valence electrons. The minimum atomic E-state index is -2.32. The summed E-state index contributed by atoms with van der Waals surface area (Å²) in [5.41, 5.74) is 0. The zero-order valence-electron chi connectivity index (χ0n) is 10.1. The average Bonchev–Trinajstić information content (AvgIpc) is 2.33. The zero-order valence-corrected chi connectivity index (χ0v) is 11.3. The van der Waals surface area contributed by atoms with Crippen molar-refractivity contribution in [1.82, 2.24) is 0 Å². The highest BCUT2D eigenvalue weighted by molar-refractivity contribution is 6.48. The molecule has 0 fully saturated rings. The van der Waals surface area contributed by atoms with Crippen LogP contribution in [0.3, 0.4) is 0 Å². The second kappa shape index (κ2) is 9.74. The number of carbonyl (C=O) groups excluding carboxylic acids is 3. The maximum atomic E-state index is 11.1. The van der Waals surface area contributed by atoms with Crippen LogP contribution in [0.4, 0.5) is 0 Å². The molecule has 0 N–H and O–H groups in total. The van der Waals surface area contributed by atoms with E-state index in [0.29, 0.717) is 19.0 Å². The van der Waals surface area contributed by atoms with Crippen molar-refractivity contribution in [3.05, 3.63) is 0 Å². The minimum absolute atomic E-state index is 0.250. The molecule has 0 heterocycles. The molecule has 6 nitrogen and oxygen atoms in total. The molecule has 0 radical (unpaired) electrons. The van der Waals surface area contributed by atoms with Gasteiger partial charge in [0.1, 0.15) is 0 Å². The molecule has 0 saturated heterocycles. The molecule has 0 spiro atoms. The number of aliphatic imine (C=N–C) groups is 1. The van der Waals surface area contributed by atoms with Crippen LogP contribution < -0.4 is 0 Å². The Morgan fingerprint density at radius 1 is 1.18 bits per heavy atom. The largest absolute Gasteiger partial charge is 0.487 e. The number of rotatable bonds is 8. The lowest BCUT2D eigenvalue weighted by Gasteiger charge is -2.15. The summed E-state index contributed by atoms with van der Waals surface area (Å²) < 4.78 is 10.1. The molecule has 0 aromatic heterocycles. The standard InChI is InChI=1S/C10H17NO5Si/c1-3-9(13)15-17(16-10(14)4-2)7-5-6-11-8-12/h17H,3-7H2,1-2H3. The van der Waals surface area contributed by atoms with Crippen molar-refractivity contribution in [2.45, 2.75) is 39.2 Å². The monoisotopic (exact) mass is 259 g/mol. The molecular formula is C10H17NO5Si. The molecule has 0 aliphatic heterocycles. The molecule has 0 unspecified atom stereocenters. The van der Waals surface area contributed by atoms with Gasteiger partial charge in [-0.05, 0) is 6.42 Å². The summed E-state index contributed by atoms with van der Waals surface area (Å²) in [5, 5.41) is 0. The predicted molar refractivity (Wildman–Crippen MR) is 62.3 cm³/mol. The van der Waals surface area contributed by atoms with Gasteiger partial charge in [0.2, 0.25) is 6.08 Å². The van der Waals surface area contributed by atoms with E-state index in [2.05, 4.69) is 4.99 Å². The minimum Gasteiger partial charge on any atom is -0.487 e. The van der Waals surface area contributed by atoms with Crippen LogP contribution in [0.2, 0.25) is 6.04 Å². The van der Waals surface area contributed by atoms with Gasteiger partial charge in [0, 0.05) is 18.9 Å². The van der Waals surface area contributed by atoms with E-state index in [1.54, 1.807) is 13.8 Å². The zero-order chi connectivity index (χ0) is 13.1. The second-order valence-electron chi connectivity index (χ2n) is 3.23. The Kier molecular flexibility index (Phi) is 8.90. The third-order valence-electron chi connectivity index (χ3n) is 1.88. The molecular weight excluding hydrogens is 242 g/mol. The maximum Gasteiger partial charge on any atom is 0.448 e. The highest BCUT2D eigenvalue weighted by atomic mass is 28.3. The Morgan fingerprint density at radius 2 is 1.71 bits per heavy atom. The van der Waals surface area contributed by atoms with Crippen LogP contribution in [0.15, 0.2) is 4.99 Å². The van der Waals surface area contributed by atoms with Crippen molar-refractivity contribution in [3.63, 3.8) is 0 Å². The molecule has 0 saturated carbocycles. The van der Waals surface area contributed by atoms with Gasteiger partial charge in [0.05, 0.1) is 6.54 Å². The van der Waals surface area contributed by atoms with Gasteiger partial charge in [0.15, 0.2) is 0 Å². The van der Waals surface area contributed by atoms with Gasteiger partial charge in [0.25, 0.3) is 11.9 Å². The number of hydrogen-bond acceptors (Lipinski definition) is 6. The van der Waals surface area contributed by atoms with E-state index < -0.39 is 9.28 Å². The number of nitrogens with zero attached hydrogens (tertiary/aromatic N) is 1. The van der Waals surface area contributed by atoms with Crippen LogP contribution in [0.25, 0.3) is 0 Å². The van der Waals surface area contributed by atoms with Crippen LogP contribution in [0.5, 0.6) is 0 Å². The summed E-state index contributed by atoms with van der Waals surface area (Å²) >= 11 is 0. The Labute approximate surface area is 102 Å². The number of hydrogen-bond donors (Lipinski definition) is 0. The van der Waals surface area contributed by atoms with E-state index in [1.807, 2.05) is 0 Å². The summed E-state index contributed by atoms with van der Waals surface area (Å²) in [5.74, 6) is -0.742. The van der Waals surface area contributed by atoms with Gasteiger partial charge < -0.3 is 8.85 Å².